The molecule has 4 heteroatoms. The fourth-order valence-corrected chi connectivity index (χ4v) is 3.04. The minimum Gasteiger partial charge on any atom is -0.313 e. The molecule has 0 saturated heterocycles. The van der Waals surface area contributed by atoms with Crippen LogP contribution < -0.4 is 5.32 Å². The number of rotatable bonds is 6. The van der Waals surface area contributed by atoms with Crippen molar-refractivity contribution in [3.05, 3.63) is 39.8 Å². The third-order valence-electron chi connectivity index (χ3n) is 3.26. The van der Waals surface area contributed by atoms with Gasteiger partial charge in [-0.1, -0.05) is 13.0 Å². The third-order valence-corrected chi connectivity index (χ3v) is 4.19. The Labute approximate surface area is 113 Å². The molecular weight excluding hydrogens is 242 g/mol. The number of aromatic nitrogens is 2. The predicted molar refractivity (Wildman–Crippen MR) is 77.0 cm³/mol. The molecule has 98 valence electrons. The summed E-state index contributed by atoms with van der Waals surface area (Å²) in [4.78, 5) is 1.46. The maximum Gasteiger partial charge on any atom is 0.0669 e. The van der Waals surface area contributed by atoms with Crippen molar-refractivity contribution in [1.29, 1.82) is 0 Å². The van der Waals surface area contributed by atoms with Crippen LogP contribution in [0.2, 0.25) is 0 Å². The van der Waals surface area contributed by atoms with Crippen molar-refractivity contribution in [3.8, 4) is 0 Å². The van der Waals surface area contributed by atoms with Gasteiger partial charge in [-0.05, 0) is 37.8 Å². The number of aryl methyl sites for hydroxylation is 3. The summed E-state index contributed by atoms with van der Waals surface area (Å²) in [6.07, 6.45) is 5.39. The zero-order valence-corrected chi connectivity index (χ0v) is 12.1. The molecule has 3 nitrogen and oxygen atoms in total. The molecule has 0 aromatic carbocycles. The van der Waals surface area contributed by atoms with Gasteiger partial charge >= 0.3 is 0 Å². The lowest BCUT2D eigenvalue weighted by molar-refractivity contribution is 0.547. The Morgan fingerprint density at radius 3 is 2.94 bits per heavy atom. The first kappa shape index (κ1) is 13.3. The van der Waals surface area contributed by atoms with Crippen molar-refractivity contribution in [2.75, 3.05) is 7.05 Å². The molecule has 1 N–H and O–H groups in total. The van der Waals surface area contributed by atoms with Crippen LogP contribution in [-0.4, -0.2) is 16.8 Å². The predicted octanol–water partition coefficient (Wildman–Crippen LogP) is 2.94. The average Bonchev–Trinajstić information content (AvgIpc) is 2.99. The van der Waals surface area contributed by atoms with E-state index in [1.165, 1.54) is 16.1 Å². The molecule has 2 aromatic rings. The van der Waals surface area contributed by atoms with Gasteiger partial charge in [-0.2, -0.15) is 5.10 Å². The highest BCUT2D eigenvalue weighted by Crippen LogP contribution is 2.23. The summed E-state index contributed by atoms with van der Waals surface area (Å²) in [5.74, 6) is 0. The summed E-state index contributed by atoms with van der Waals surface area (Å²) in [6, 6.07) is 4.73. The van der Waals surface area contributed by atoms with E-state index in [1.807, 2.05) is 30.1 Å². The van der Waals surface area contributed by atoms with E-state index in [-0.39, 0.29) is 0 Å². The molecule has 0 aliphatic rings. The number of hydrogen-bond acceptors (Lipinski definition) is 3. The molecule has 2 heterocycles. The normalized spacial score (nSPS) is 12.8. The van der Waals surface area contributed by atoms with Crippen molar-refractivity contribution in [2.24, 2.45) is 7.05 Å². The summed E-state index contributed by atoms with van der Waals surface area (Å²) in [5, 5.41) is 10.1. The molecule has 0 fully saturated rings. The number of thiophene rings is 1. The van der Waals surface area contributed by atoms with E-state index >= 15 is 0 Å². The van der Waals surface area contributed by atoms with Crippen molar-refractivity contribution >= 4 is 11.3 Å². The van der Waals surface area contributed by atoms with E-state index in [4.69, 9.17) is 0 Å². The Balaban J connectivity index is 2.07. The smallest absolute Gasteiger partial charge is 0.0669 e. The summed E-state index contributed by atoms with van der Waals surface area (Å²) < 4.78 is 1.92. The molecule has 0 aliphatic heterocycles. The number of nitrogens with zero attached hydrogens (tertiary/aromatic N) is 2. The van der Waals surface area contributed by atoms with E-state index < -0.39 is 0 Å². The lowest BCUT2D eigenvalue weighted by Crippen LogP contribution is -2.17. The van der Waals surface area contributed by atoms with Crippen molar-refractivity contribution in [2.45, 2.75) is 32.2 Å². The first-order valence-electron chi connectivity index (χ1n) is 6.46. The molecule has 0 spiro atoms. The first-order valence-corrected chi connectivity index (χ1v) is 7.34. The van der Waals surface area contributed by atoms with Crippen LogP contribution in [-0.2, 0) is 19.9 Å². The highest BCUT2D eigenvalue weighted by molar-refractivity contribution is 7.09. The molecular formula is C14H21N3S. The Bertz CT molecular complexity index is 473. The molecule has 2 rings (SSSR count). The van der Waals surface area contributed by atoms with E-state index in [2.05, 4.69) is 41.0 Å². The van der Waals surface area contributed by atoms with E-state index in [0.717, 1.165) is 19.3 Å². The summed E-state index contributed by atoms with van der Waals surface area (Å²) in [7, 11) is 4.03. The van der Waals surface area contributed by atoms with Crippen LogP contribution in [0.4, 0.5) is 0 Å². The second-order valence-electron chi connectivity index (χ2n) is 4.52. The minimum absolute atomic E-state index is 0.399. The number of nitrogens with one attached hydrogen (secondary N) is 1. The van der Waals surface area contributed by atoms with Crippen LogP contribution >= 0.6 is 11.3 Å². The lowest BCUT2D eigenvalue weighted by Gasteiger charge is -2.15. The maximum absolute atomic E-state index is 4.52. The van der Waals surface area contributed by atoms with Crippen molar-refractivity contribution < 1.29 is 0 Å². The second kappa shape index (κ2) is 6.16. The minimum atomic E-state index is 0.399. The summed E-state index contributed by atoms with van der Waals surface area (Å²) in [5.41, 5.74) is 2.56. The van der Waals surface area contributed by atoms with Crippen LogP contribution in [0.5, 0.6) is 0 Å². The van der Waals surface area contributed by atoms with E-state index in [1.54, 1.807) is 0 Å². The van der Waals surface area contributed by atoms with E-state index in [9.17, 15) is 0 Å². The van der Waals surface area contributed by atoms with Gasteiger partial charge < -0.3 is 5.32 Å². The van der Waals surface area contributed by atoms with Crippen LogP contribution in [0.15, 0.2) is 23.7 Å². The molecule has 0 aliphatic carbocycles. The Hall–Kier alpha value is -1.13. The maximum atomic E-state index is 4.52. The van der Waals surface area contributed by atoms with Gasteiger partial charge in [0.1, 0.15) is 0 Å². The van der Waals surface area contributed by atoms with Crippen molar-refractivity contribution in [1.82, 2.24) is 15.1 Å². The van der Waals surface area contributed by atoms with Gasteiger partial charge in [-0.3, -0.25) is 4.68 Å². The average molecular weight is 263 g/mol. The quantitative estimate of drug-likeness (QED) is 0.868. The summed E-state index contributed by atoms with van der Waals surface area (Å²) >= 11 is 1.84. The molecule has 18 heavy (non-hydrogen) atoms. The Kier molecular flexibility index (Phi) is 4.55. The molecule has 1 unspecified atom stereocenters. The lowest BCUT2D eigenvalue weighted by atomic mass is 10.0. The molecule has 2 aromatic heterocycles. The topological polar surface area (TPSA) is 29.9 Å². The molecule has 0 saturated carbocycles. The monoisotopic (exact) mass is 263 g/mol. The fraction of sp³-hybridized carbons (Fsp3) is 0.500. The van der Waals surface area contributed by atoms with Gasteiger partial charge in [0, 0.05) is 29.7 Å². The molecule has 0 amide bonds. The highest BCUT2D eigenvalue weighted by atomic mass is 32.1. The number of hydrogen-bond donors (Lipinski definition) is 1. The third kappa shape index (κ3) is 3.00. The zero-order chi connectivity index (χ0) is 13.0. The highest BCUT2D eigenvalue weighted by Gasteiger charge is 2.16. The molecule has 0 radical (unpaired) electrons. The molecule has 1 atom stereocenters. The van der Waals surface area contributed by atoms with Crippen LogP contribution in [0.25, 0.3) is 0 Å². The second-order valence-corrected chi connectivity index (χ2v) is 5.55. The van der Waals surface area contributed by atoms with Gasteiger partial charge in [0.05, 0.1) is 5.69 Å². The fourth-order valence-electron chi connectivity index (χ4n) is 2.32. The first-order chi connectivity index (χ1) is 8.74. The van der Waals surface area contributed by atoms with Gasteiger partial charge in [0.25, 0.3) is 0 Å². The van der Waals surface area contributed by atoms with E-state index in [0.29, 0.717) is 6.04 Å². The summed E-state index contributed by atoms with van der Waals surface area (Å²) in [6.45, 7) is 2.16. The molecule has 0 bridgehead atoms. The van der Waals surface area contributed by atoms with Gasteiger partial charge in [-0.15, -0.1) is 11.3 Å². The Morgan fingerprint density at radius 1 is 1.50 bits per heavy atom. The standard InChI is InChI=1S/C14H21N3S/c1-4-13-12(10-17(3)16-13)14(15-2)8-7-11-6-5-9-18-11/h5-6,9-10,14-15H,4,7-8H2,1-3H3. The largest absolute Gasteiger partial charge is 0.313 e. The zero-order valence-electron chi connectivity index (χ0n) is 11.3. The van der Waals surface area contributed by atoms with Crippen LogP contribution in [0, 0.1) is 0 Å². The van der Waals surface area contributed by atoms with Crippen LogP contribution in [0.1, 0.15) is 35.5 Å². The Morgan fingerprint density at radius 2 is 2.33 bits per heavy atom. The van der Waals surface area contributed by atoms with Gasteiger partial charge in [0.15, 0.2) is 0 Å². The SMILES string of the molecule is CCc1nn(C)cc1C(CCc1cccs1)NC. The van der Waals surface area contributed by atoms with Gasteiger partial charge in [0.2, 0.25) is 0 Å². The van der Waals surface area contributed by atoms with Crippen LogP contribution in [0.3, 0.4) is 0 Å². The van der Waals surface area contributed by atoms with Gasteiger partial charge in [-0.25, -0.2) is 0 Å². The van der Waals surface area contributed by atoms with Crippen molar-refractivity contribution in [3.63, 3.8) is 0 Å².